The molecular weight excluding hydrogens is 363 g/mol. The molecule has 3 nitrogen and oxygen atoms in total. The summed E-state index contributed by atoms with van der Waals surface area (Å²) in [6.07, 6.45) is 0. The minimum absolute atomic E-state index is 0.141. The van der Waals surface area contributed by atoms with Crippen LogP contribution in [0.5, 0.6) is 0 Å². The van der Waals surface area contributed by atoms with Gasteiger partial charge in [-0.15, -0.1) is 11.3 Å². The summed E-state index contributed by atoms with van der Waals surface area (Å²) < 4.78 is 0. The van der Waals surface area contributed by atoms with Gasteiger partial charge in [-0.3, -0.25) is 4.79 Å². The summed E-state index contributed by atoms with van der Waals surface area (Å²) in [5.74, 6) is -0.141. The van der Waals surface area contributed by atoms with Crippen LogP contribution in [0.25, 0.3) is 0 Å². The highest BCUT2D eigenvalue weighted by atomic mass is 35.5. The first-order chi connectivity index (χ1) is 10.4. The molecule has 1 amide bonds. The molecule has 0 spiro atoms. The third kappa shape index (κ3) is 4.61. The average molecular weight is 379 g/mol. The third-order valence-corrected chi connectivity index (χ3v) is 5.00. The van der Waals surface area contributed by atoms with Gasteiger partial charge < -0.3 is 10.2 Å². The van der Waals surface area contributed by atoms with E-state index < -0.39 is 0 Å². The molecule has 2 N–H and O–H groups in total. The molecule has 0 saturated carbocycles. The van der Waals surface area contributed by atoms with Crippen molar-refractivity contribution in [1.82, 2.24) is 0 Å². The molecule has 2 rings (SSSR count). The maximum atomic E-state index is 12.1. The fourth-order valence-corrected chi connectivity index (χ4v) is 3.97. The van der Waals surface area contributed by atoms with E-state index in [1.165, 1.54) is 10.4 Å². The Kier molecular flexibility index (Phi) is 6.12. The zero-order valence-electron chi connectivity index (χ0n) is 12.2. The highest BCUT2D eigenvalue weighted by molar-refractivity contribution is 7.10. The second kappa shape index (κ2) is 7.66. The van der Waals surface area contributed by atoms with Crippen LogP contribution >= 0.6 is 46.1 Å². The van der Waals surface area contributed by atoms with Gasteiger partial charge in [0.15, 0.2) is 6.54 Å². The quantitative estimate of drug-likeness (QED) is 0.818. The number of quaternary nitrogens is 1. The van der Waals surface area contributed by atoms with Crippen molar-refractivity contribution in [3.63, 3.8) is 0 Å². The van der Waals surface area contributed by atoms with E-state index >= 15 is 0 Å². The van der Waals surface area contributed by atoms with E-state index in [0.29, 0.717) is 27.3 Å². The Labute approximate surface area is 148 Å². The monoisotopic (exact) mass is 377 g/mol. The predicted octanol–water partition coefficient (Wildman–Crippen LogP) is 3.67. The summed E-state index contributed by atoms with van der Waals surface area (Å²) in [6.45, 7) is 3.21. The molecule has 0 fully saturated rings. The molecule has 1 aromatic carbocycles. The molecule has 0 aliphatic heterocycles. The van der Waals surface area contributed by atoms with Crippen molar-refractivity contribution in [3.8, 4) is 0 Å². The smallest absolute Gasteiger partial charge is 0.279 e. The van der Waals surface area contributed by atoms with E-state index in [2.05, 4.69) is 23.7 Å². The fourth-order valence-electron chi connectivity index (χ4n) is 2.04. The number of amides is 1. The van der Waals surface area contributed by atoms with Crippen LogP contribution in [0.4, 0.5) is 5.69 Å². The first kappa shape index (κ1) is 17.6. The molecule has 1 heterocycles. The number of benzene rings is 1. The second-order valence-electron chi connectivity index (χ2n) is 5.13. The van der Waals surface area contributed by atoms with Crippen LogP contribution in [-0.2, 0) is 11.3 Å². The molecule has 1 atom stereocenters. The fraction of sp³-hybridized carbons (Fsp3) is 0.267. The molecule has 0 aliphatic rings. The number of anilines is 1. The highest BCUT2D eigenvalue weighted by Gasteiger charge is 2.16. The lowest BCUT2D eigenvalue weighted by Crippen LogP contribution is -3.08. The predicted molar refractivity (Wildman–Crippen MR) is 94.6 cm³/mol. The number of halogens is 3. The number of rotatable bonds is 5. The summed E-state index contributed by atoms with van der Waals surface area (Å²) >= 11 is 19.7. The molecule has 7 heteroatoms. The lowest BCUT2D eigenvalue weighted by Gasteiger charge is -2.15. The van der Waals surface area contributed by atoms with Gasteiger partial charge in [-0.25, -0.2) is 0 Å². The van der Waals surface area contributed by atoms with E-state index in [4.69, 9.17) is 34.8 Å². The molecule has 118 valence electrons. The number of hydrogen-bond acceptors (Lipinski definition) is 2. The van der Waals surface area contributed by atoms with Gasteiger partial charge in [0, 0.05) is 5.02 Å². The molecule has 0 saturated heterocycles. The Morgan fingerprint density at radius 3 is 2.45 bits per heavy atom. The number of thiophene rings is 1. The van der Waals surface area contributed by atoms with Crippen LogP contribution in [0.3, 0.4) is 0 Å². The van der Waals surface area contributed by atoms with Crippen molar-refractivity contribution in [2.24, 2.45) is 0 Å². The van der Waals surface area contributed by atoms with E-state index in [-0.39, 0.29) is 5.91 Å². The Balaban J connectivity index is 1.97. The van der Waals surface area contributed by atoms with Gasteiger partial charge >= 0.3 is 0 Å². The number of nitrogens with one attached hydrogen (secondary N) is 2. The van der Waals surface area contributed by atoms with Crippen molar-refractivity contribution in [3.05, 3.63) is 49.1 Å². The van der Waals surface area contributed by atoms with Gasteiger partial charge in [-0.2, -0.15) is 0 Å². The minimum Gasteiger partial charge on any atom is -0.325 e. The number of carbonyl (C=O) groups is 1. The molecule has 1 unspecified atom stereocenters. The van der Waals surface area contributed by atoms with E-state index in [0.717, 1.165) is 11.4 Å². The number of likely N-dealkylation sites (N-methyl/N-ethyl adjacent to an activating group) is 1. The molecule has 0 radical (unpaired) electrons. The van der Waals surface area contributed by atoms with Crippen LogP contribution in [-0.4, -0.2) is 19.5 Å². The molecule has 22 heavy (non-hydrogen) atoms. The Hall–Kier alpha value is -0.780. The summed E-state index contributed by atoms with van der Waals surface area (Å²) in [5.41, 5.74) is 1.66. The molecule has 0 bridgehead atoms. The van der Waals surface area contributed by atoms with Crippen LogP contribution in [0.15, 0.2) is 23.6 Å². The van der Waals surface area contributed by atoms with Gasteiger partial charge in [-0.05, 0) is 36.1 Å². The number of carbonyl (C=O) groups excluding carboxylic acids is 1. The maximum Gasteiger partial charge on any atom is 0.279 e. The second-order valence-corrected chi connectivity index (χ2v) is 7.38. The van der Waals surface area contributed by atoms with Gasteiger partial charge in [0.25, 0.3) is 5.91 Å². The minimum atomic E-state index is -0.141. The first-order valence-electron chi connectivity index (χ1n) is 6.65. The van der Waals surface area contributed by atoms with Crippen molar-refractivity contribution in [2.75, 3.05) is 18.9 Å². The number of hydrogen-bond donors (Lipinski definition) is 2. The van der Waals surface area contributed by atoms with Crippen molar-refractivity contribution in [2.45, 2.75) is 13.5 Å². The zero-order valence-corrected chi connectivity index (χ0v) is 15.3. The van der Waals surface area contributed by atoms with Gasteiger partial charge in [0.1, 0.15) is 6.54 Å². The molecular formula is C15H16Cl3N2OS+. The number of aryl methyl sites for hydroxylation is 1. The van der Waals surface area contributed by atoms with Gasteiger partial charge in [-0.1, -0.05) is 34.8 Å². The average Bonchev–Trinajstić information content (AvgIpc) is 2.79. The normalized spacial score (nSPS) is 12.2. The van der Waals surface area contributed by atoms with Crippen LogP contribution in [0.2, 0.25) is 15.1 Å². The largest absolute Gasteiger partial charge is 0.325 e. The summed E-state index contributed by atoms with van der Waals surface area (Å²) in [4.78, 5) is 14.5. The van der Waals surface area contributed by atoms with E-state index in [9.17, 15) is 4.79 Å². The lowest BCUT2D eigenvalue weighted by molar-refractivity contribution is -0.884. The third-order valence-electron chi connectivity index (χ3n) is 3.16. The maximum absolute atomic E-state index is 12.1. The van der Waals surface area contributed by atoms with Crippen molar-refractivity contribution in [1.29, 1.82) is 0 Å². The first-order valence-corrected chi connectivity index (χ1v) is 8.67. The molecule has 0 aliphatic carbocycles. The van der Waals surface area contributed by atoms with Gasteiger partial charge in [0.05, 0.1) is 27.7 Å². The summed E-state index contributed by atoms with van der Waals surface area (Å²) in [5, 5.41) is 5.91. The van der Waals surface area contributed by atoms with E-state index in [1.807, 2.05) is 7.05 Å². The van der Waals surface area contributed by atoms with Crippen LogP contribution < -0.4 is 10.2 Å². The Bertz CT molecular complexity index is 664. The SMILES string of the molecule is Cc1ccsc1C[NH+](C)CC(=O)Nc1c(Cl)cc(Cl)cc1Cl. The van der Waals surface area contributed by atoms with Crippen molar-refractivity contribution < 1.29 is 9.69 Å². The van der Waals surface area contributed by atoms with Crippen LogP contribution in [0.1, 0.15) is 10.4 Å². The molecule has 1 aromatic heterocycles. The summed E-state index contributed by atoms with van der Waals surface area (Å²) in [7, 11) is 1.98. The topological polar surface area (TPSA) is 33.5 Å². The zero-order chi connectivity index (χ0) is 16.3. The van der Waals surface area contributed by atoms with Crippen molar-refractivity contribution >= 4 is 57.7 Å². The van der Waals surface area contributed by atoms with Gasteiger partial charge in [0.2, 0.25) is 0 Å². The standard InChI is InChI=1S/C15H15Cl3N2OS/c1-9-3-4-22-13(9)7-20(2)8-14(21)19-15-11(17)5-10(16)6-12(15)18/h3-6H,7-8H2,1-2H3,(H,19,21)/p+1. The molecule has 2 aromatic rings. The van der Waals surface area contributed by atoms with Crippen LogP contribution in [0, 0.1) is 6.92 Å². The van der Waals surface area contributed by atoms with E-state index in [1.54, 1.807) is 23.5 Å². The highest BCUT2D eigenvalue weighted by Crippen LogP contribution is 2.33. The lowest BCUT2D eigenvalue weighted by atomic mass is 10.3. The Morgan fingerprint density at radius 1 is 1.27 bits per heavy atom. The Morgan fingerprint density at radius 2 is 1.91 bits per heavy atom. The summed E-state index contributed by atoms with van der Waals surface area (Å²) in [6, 6.07) is 5.19.